The van der Waals surface area contributed by atoms with Gasteiger partial charge in [0.05, 0.1) is 0 Å². The molecular weight excluding hydrogens is 274 g/mol. The molecule has 0 saturated heterocycles. The number of rotatable bonds is 5. The predicted molar refractivity (Wildman–Crippen MR) is 81.4 cm³/mol. The smallest absolute Gasteiger partial charge is 0.230 e. The average molecular weight is 299 g/mol. The van der Waals surface area contributed by atoms with E-state index in [4.69, 9.17) is 0 Å². The van der Waals surface area contributed by atoms with Crippen molar-refractivity contribution in [3.63, 3.8) is 0 Å². The second-order valence-corrected chi connectivity index (χ2v) is 4.92. The van der Waals surface area contributed by atoms with E-state index in [2.05, 4.69) is 9.98 Å². The minimum atomic E-state index is -0.226. The number of aliphatic hydroxyl groups excluding tert-OH is 3. The molecule has 120 valence electrons. The van der Waals surface area contributed by atoms with Gasteiger partial charge >= 0.3 is 0 Å². The van der Waals surface area contributed by atoms with Gasteiger partial charge in [0.25, 0.3) is 0 Å². The van der Waals surface area contributed by atoms with Crippen LogP contribution in [0.5, 0.6) is 0 Å². The van der Waals surface area contributed by atoms with Gasteiger partial charge in [0.1, 0.15) is 31.8 Å². The Labute approximate surface area is 125 Å². The van der Waals surface area contributed by atoms with E-state index in [1.54, 1.807) is 30.9 Å². The minimum absolute atomic E-state index is 0.156. The molecule has 1 rings (SSSR count). The van der Waals surface area contributed by atoms with Crippen LogP contribution in [0.25, 0.3) is 0 Å². The van der Waals surface area contributed by atoms with E-state index >= 15 is 0 Å². The molecule has 0 aromatic carbocycles. The Kier molecular flexibility index (Phi) is 6.60. The van der Waals surface area contributed by atoms with E-state index in [1.165, 1.54) is 4.90 Å². The highest BCUT2D eigenvalue weighted by Gasteiger charge is 2.20. The molecule has 0 atom stereocenters. The fourth-order valence-electron chi connectivity index (χ4n) is 1.86. The first-order chi connectivity index (χ1) is 9.98. The van der Waals surface area contributed by atoms with Gasteiger partial charge in [-0.15, -0.1) is 0 Å². The Bertz CT molecular complexity index is 447. The molecule has 21 heavy (non-hydrogen) atoms. The fraction of sp³-hybridized carbons (Fsp3) is 0.692. The van der Waals surface area contributed by atoms with Crippen LogP contribution in [0, 0.1) is 0 Å². The monoisotopic (exact) mass is 299 g/mol. The molecule has 1 heterocycles. The number of hydrogen-bond donors (Lipinski definition) is 3. The van der Waals surface area contributed by atoms with Crippen LogP contribution in [0.1, 0.15) is 19.8 Å². The van der Waals surface area contributed by atoms with Crippen molar-refractivity contribution >= 4 is 11.8 Å². The van der Waals surface area contributed by atoms with Crippen LogP contribution in [0.15, 0.2) is 21.4 Å². The zero-order chi connectivity index (χ0) is 16.0. The first kappa shape index (κ1) is 17.4. The van der Waals surface area contributed by atoms with Crippen LogP contribution in [-0.2, 0) is 0 Å². The minimum Gasteiger partial charge on any atom is -0.376 e. The summed E-state index contributed by atoms with van der Waals surface area (Å²) >= 11 is 0. The molecule has 0 aromatic rings. The van der Waals surface area contributed by atoms with Gasteiger partial charge in [0.15, 0.2) is 0 Å². The van der Waals surface area contributed by atoms with Gasteiger partial charge in [-0.05, 0) is 12.0 Å². The van der Waals surface area contributed by atoms with Crippen molar-refractivity contribution in [2.45, 2.75) is 19.8 Å². The highest BCUT2D eigenvalue weighted by molar-refractivity contribution is 5.98. The summed E-state index contributed by atoms with van der Waals surface area (Å²) < 4.78 is 0. The van der Waals surface area contributed by atoms with Crippen LogP contribution in [0.3, 0.4) is 0 Å². The SMILES string of the molecule is CCC1=C(N(C)CO)N=C(N(C)CO)N=C(N(C)CO)C1. The van der Waals surface area contributed by atoms with Gasteiger partial charge in [-0.2, -0.15) is 9.98 Å². The van der Waals surface area contributed by atoms with E-state index in [0.29, 0.717) is 24.0 Å². The summed E-state index contributed by atoms with van der Waals surface area (Å²) in [6.07, 6.45) is 1.27. The van der Waals surface area contributed by atoms with Crippen molar-refractivity contribution in [3.8, 4) is 0 Å². The molecule has 1 aliphatic rings. The molecular formula is C13H25N5O3. The first-order valence-electron chi connectivity index (χ1n) is 6.82. The lowest BCUT2D eigenvalue weighted by Crippen LogP contribution is -2.32. The number of amidine groups is 1. The molecule has 8 heteroatoms. The molecule has 8 nitrogen and oxygen atoms in total. The van der Waals surface area contributed by atoms with Crippen LogP contribution >= 0.6 is 0 Å². The normalized spacial score (nSPS) is 15.4. The predicted octanol–water partition coefficient (Wildman–Crippen LogP) is -0.589. The largest absolute Gasteiger partial charge is 0.376 e. The van der Waals surface area contributed by atoms with E-state index in [1.807, 2.05) is 6.92 Å². The van der Waals surface area contributed by atoms with E-state index in [0.717, 1.165) is 12.0 Å². The lowest BCUT2D eigenvalue weighted by Gasteiger charge is -2.21. The molecule has 0 unspecified atom stereocenters. The third-order valence-electron chi connectivity index (χ3n) is 3.33. The topological polar surface area (TPSA) is 95.1 Å². The fourth-order valence-corrected chi connectivity index (χ4v) is 1.86. The summed E-state index contributed by atoms with van der Waals surface area (Å²) in [4.78, 5) is 13.6. The molecule has 0 aliphatic carbocycles. The zero-order valence-electron chi connectivity index (χ0n) is 13.1. The maximum absolute atomic E-state index is 9.37. The molecule has 0 saturated carbocycles. The third-order valence-corrected chi connectivity index (χ3v) is 3.33. The van der Waals surface area contributed by atoms with Crippen LogP contribution < -0.4 is 0 Å². The molecule has 0 aromatic heterocycles. The van der Waals surface area contributed by atoms with Crippen LogP contribution in [-0.4, -0.2) is 83.1 Å². The van der Waals surface area contributed by atoms with Gasteiger partial charge in [-0.25, -0.2) is 0 Å². The molecule has 0 amide bonds. The van der Waals surface area contributed by atoms with Crippen molar-refractivity contribution < 1.29 is 15.3 Å². The lowest BCUT2D eigenvalue weighted by atomic mass is 10.1. The molecule has 1 aliphatic heterocycles. The van der Waals surface area contributed by atoms with Crippen LogP contribution in [0.4, 0.5) is 0 Å². The number of aliphatic imine (C=N–C) groups is 2. The van der Waals surface area contributed by atoms with Gasteiger partial charge < -0.3 is 30.0 Å². The number of hydrogen-bond acceptors (Lipinski definition) is 8. The average Bonchev–Trinajstić information content (AvgIpc) is 2.72. The molecule has 0 radical (unpaired) electrons. The summed E-state index contributed by atoms with van der Waals surface area (Å²) in [6.45, 7) is 1.46. The highest BCUT2D eigenvalue weighted by Crippen LogP contribution is 2.22. The molecule has 0 spiro atoms. The van der Waals surface area contributed by atoms with E-state index in [-0.39, 0.29) is 20.2 Å². The summed E-state index contributed by atoms with van der Waals surface area (Å²) in [5, 5.41) is 28.0. The first-order valence-corrected chi connectivity index (χ1v) is 6.82. The summed E-state index contributed by atoms with van der Waals surface area (Å²) in [5.41, 5.74) is 1.01. The maximum atomic E-state index is 9.37. The van der Waals surface area contributed by atoms with Crippen molar-refractivity contribution in [2.24, 2.45) is 9.98 Å². The zero-order valence-corrected chi connectivity index (χ0v) is 13.1. The van der Waals surface area contributed by atoms with Crippen LogP contribution in [0.2, 0.25) is 0 Å². The van der Waals surface area contributed by atoms with E-state index < -0.39 is 0 Å². The Morgan fingerprint density at radius 3 is 1.95 bits per heavy atom. The Hall–Kier alpha value is -1.64. The second-order valence-electron chi connectivity index (χ2n) is 4.92. The third kappa shape index (κ3) is 4.16. The standard InChI is InChI=1S/C13H25N5O3/c1-5-10-6-11(16(2)7-19)14-13(18(4)9-21)15-12(10)17(3)8-20/h19-21H,5-9H2,1-4H3. The summed E-state index contributed by atoms with van der Waals surface area (Å²) in [6, 6.07) is 0. The lowest BCUT2D eigenvalue weighted by molar-refractivity contribution is 0.159. The maximum Gasteiger partial charge on any atom is 0.230 e. The summed E-state index contributed by atoms with van der Waals surface area (Å²) in [5.74, 6) is 1.64. The Morgan fingerprint density at radius 2 is 1.48 bits per heavy atom. The number of nitrogens with zero attached hydrogens (tertiary/aromatic N) is 5. The highest BCUT2D eigenvalue weighted by atomic mass is 16.3. The van der Waals surface area contributed by atoms with E-state index in [9.17, 15) is 15.3 Å². The number of guanidine groups is 1. The van der Waals surface area contributed by atoms with Crippen molar-refractivity contribution in [1.29, 1.82) is 0 Å². The Balaban J connectivity index is 3.33. The van der Waals surface area contributed by atoms with Gasteiger partial charge in [-0.1, -0.05) is 6.92 Å². The number of aliphatic hydroxyl groups is 3. The van der Waals surface area contributed by atoms with Crippen molar-refractivity contribution in [1.82, 2.24) is 14.7 Å². The van der Waals surface area contributed by atoms with Crippen molar-refractivity contribution in [2.75, 3.05) is 41.3 Å². The van der Waals surface area contributed by atoms with Crippen molar-refractivity contribution in [3.05, 3.63) is 11.4 Å². The quantitative estimate of drug-likeness (QED) is 0.587. The molecule has 0 fully saturated rings. The van der Waals surface area contributed by atoms with Gasteiger partial charge in [0.2, 0.25) is 5.96 Å². The molecule has 3 N–H and O–H groups in total. The summed E-state index contributed by atoms with van der Waals surface area (Å²) in [7, 11) is 5.15. The Morgan fingerprint density at radius 1 is 0.905 bits per heavy atom. The molecule has 0 bridgehead atoms. The van der Waals surface area contributed by atoms with Gasteiger partial charge in [-0.3, -0.25) is 0 Å². The second kappa shape index (κ2) is 7.96. The van der Waals surface area contributed by atoms with Gasteiger partial charge in [0, 0.05) is 27.6 Å².